The lowest BCUT2D eigenvalue weighted by molar-refractivity contribution is -0.132. The molecule has 0 saturated heterocycles. The zero-order valence-electron chi connectivity index (χ0n) is 8.83. The lowest BCUT2D eigenvalue weighted by Crippen LogP contribution is -2.44. The molecule has 0 unspecified atom stereocenters. The number of hydrogen-bond donors (Lipinski definition) is 2. The van der Waals surface area contributed by atoms with Crippen molar-refractivity contribution in [2.45, 2.75) is 37.6 Å². The standard InChI is InChI=1S/C10H20N2O2/c1-12(7-3-2-4-8-13)9(14)10(11)5-6-10/h13H,2-8,11H2,1H3. The molecule has 1 aliphatic rings. The summed E-state index contributed by atoms with van der Waals surface area (Å²) in [6, 6.07) is 0. The molecule has 4 heteroatoms. The molecule has 0 bridgehead atoms. The number of nitrogens with two attached hydrogens (primary N) is 1. The molecule has 1 saturated carbocycles. The Hall–Kier alpha value is -0.610. The molecule has 0 spiro atoms. The summed E-state index contributed by atoms with van der Waals surface area (Å²) >= 11 is 0. The van der Waals surface area contributed by atoms with E-state index >= 15 is 0 Å². The smallest absolute Gasteiger partial charge is 0.242 e. The van der Waals surface area contributed by atoms with E-state index in [4.69, 9.17) is 10.8 Å². The first kappa shape index (κ1) is 11.5. The number of aliphatic hydroxyl groups excluding tert-OH is 1. The lowest BCUT2D eigenvalue weighted by atomic mass is 10.2. The largest absolute Gasteiger partial charge is 0.396 e. The van der Waals surface area contributed by atoms with Gasteiger partial charge in [-0.05, 0) is 32.1 Å². The van der Waals surface area contributed by atoms with Crippen LogP contribution in [0.5, 0.6) is 0 Å². The molecule has 14 heavy (non-hydrogen) atoms. The van der Waals surface area contributed by atoms with Crippen molar-refractivity contribution in [3.8, 4) is 0 Å². The SMILES string of the molecule is CN(CCCCCO)C(=O)C1(N)CC1. The number of carbonyl (C=O) groups is 1. The highest BCUT2D eigenvalue weighted by atomic mass is 16.2. The molecule has 0 radical (unpaired) electrons. The molecule has 0 aromatic heterocycles. The maximum absolute atomic E-state index is 11.6. The molecule has 0 aliphatic heterocycles. The van der Waals surface area contributed by atoms with Crippen LogP contribution < -0.4 is 5.73 Å². The van der Waals surface area contributed by atoms with Crippen molar-refractivity contribution in [1.29, 1.82) is 0 Å². The van der Waals surface area contributed by atoms with Gasteiger partial charge in [-0.15, -0.1) is 0 Å². The fourth-order valence-electron chi connectivity index (χ4n) is 1.47. The third-order valence-electron chi connectivity index (χ3n) is 2.71. The molecule has 0 atom stereocenters. The average Bonchev–Trinajstić information content (AvgIpc) is 2.91. The third kappa shape index (κ3) is 2.96. The van der Waals surface area contributed by atoms with Gasteiger partial charge in [0.1, 0.15) is 0 Å². The van der Waals surface area contributed by atoms with Gasteiger partial charge in [0.2, 0.25) is 5.91 Å². The molecule has 0 aromatic rings. The number of unbranched alkanes of at least 4 members (excludes halogenated alkanes) is 2. The Kier molecular flexibility index (Phi) is 3.89. The van der Waals surface area contributed by atoms with Crippen LogP contribution in [0.1, 0.15) is 32.1 Å². The normalized spacial score (nSPS) is 17.9. The van der Waals surface area contributed by atoms with Gasteiger partial charge in [-0.3, -0.25) is 4.79 Å². The summed E-state index contributed by atoms with van der Waals surface area (Å²) in [5.41, 5.74) is 5.25. The fourth-order valence-corrected chi connectivity index (χ4v) is 1.47. The number of aliphatic hydroxyl groups is 1. The van der Waals surface area contributed by atoms with Crippen molar-refractivity contribution in [3.05, 3.63) is 0 Å². The Morgan fingerprint density at radius 1 is 1.43 bits per heavy atom. The van der Waals surface area contributed by atoms with E-state index in [0.29, 0.717) is 0 Å². The number of rotatable bonds is 6. The molecule has 4 nitrogen and oxygen atoms in total. The van der Waals surface area contributed by atoms with E-state index in [-0.39, 0.29) is 12.5 Å². The second kappa shape index (κ2) is 4.75. The van der Waals surface area contributed by atoms with Crippen LogP contribution in [0, 0.1) is 0 Å². The Bertz CT molecular complexity index is 202. The number of carbonyl (C=O) groups excluding carboxylic acids is 1. The van der Waals surface area contributed by atoms with Crippen LogP contribution in [0.2, 0.25) is 0 Å². The summed E-state index contributed by atoms with van der Waals surface area (Å²) in [5, 5.41) is 8.58. The molecule has 0 aromatic carbocycles. The highest BCUT2D eigenvalue weighted by molar-refractivity contribution is 5.88. The average molecular weight is 200 g/mol. The topological polar surface area (TPSA) is 66.6 Å². The predicted octanol–water partition coefficient (Wildman–Crippen LogP) is 0.0987. The summed E-state index contributed by atoms with van der Waals surface area (Å²) in [6.45, 7) is 0.982. The van der Waals surface area contributed by atoms with Crippen LogP contribution in [-0.2, 0) is 4.79 Å². The Balaban J connectivity index is 2.15. The van der Waals surface area contributed by atoms with Crippen molar-refractivity contribution < 1.29 is 9.90 Å². The molecule has 1 amide bonds. The summed E-state index contributed by atoms with van der Waals surface area (Å²) in [4.78, 5) is 13.4. The first-order chi connectivity index (χ1) is 6.60. The zero-order chi connectivity index (χ0) is 10.6. The maximum atomic E-state index is 11.6. The molecule has 82 valence electrons. The predicted molar refractivity (Wildman–Crippen MR) is 54.7 cm³/mol. The molecule has 3 N–H and O–H groups in total. The molecular weight excluding hydrogens is 180 g/mol. The molecule has 0 heterocycles. The van der Waals surface area contributed by atoms with Gasteiger partial charge in [-0.1, -0.05) is 0 Å². The lowest BCUT2D eigenvalue weighted by Gasteiger charge is -2.20. The number of amides is 1. The summed E-state index contributed by atoms with van der Waals surface area (Å²) in [6.07, 6.45) is 4.37. The highest BCUT2D eigenvalue weighted by Crippen LogP contribution is 2.33. The van der Waals surface area contributed by atoms with Gasteiger partial charge in [-0.2, -0.15) is 0 Å². The Morgan fingerprint density at radius 3 is 2.57 bits per heavy atom. The molecule has 1 fully saturated rings. The second-order valence-corrected chi connectivity index (χ2v) is 4.17. The van der Waals surface area contributed by atoms with Gasteiger partial charge in [-0.25, -0.2) is 0 Å². The minimum Gasteiger partial charge on any atom is -0.396 e. The number of nitrogens with zero attached hydrogens (tertiary/aromatic N) is 1. The van der Waals surface area contributed by atoms with Gasteiger partial charge in [0, 0.05) is 20.2 Å². The van der Waals surface area contributed by atoms with Gasteiger partial charge in [0.05, 0.1) is 5.54 Å². The van der Waals surface area contributed by atoms with E-state index in [0.717, 1.165) is 38.6 Å². The zero-order valence-corrected chi connectivity index (χ0v) is 8.83. The van der Waals surface area contributed by atoms with Crippen molar-refractivity contribution >= 4 is 5.91 Å². The van der Waals surface area contributed by atoms with Crippen LogP contribution in [-0.4, -0.2) is 41.7 Å². The maximum Gasteiger partial charge on any atom is 0.242 e. The van der Waals surface area contributed by atoms with Gasteiger partial charge in [0.25, 0.3) is 0 Å². The third-order valence-corrected chi connectivity index (χ3v) is 2.71. The van der Waals surface area contributed by atoms with Crippen LogP contribution >= 0.6 is 0 Å². The summed E-state index contributed by atoms with van der Waals surface area (Å²) < 4.78 is 0. The number of likely N-dealkylation sites (N-methyl/N-ethyl adjacent to an activating group) is 1. The van der Waals surface area contributed by atoms with Crippen LogP contribution in [0.25, 0.3) is 0 Å². The van der Waals surface area contributed by atoms with E-state index in [1.54, 1.807) is 11.9 Å². The van der Waals surface area contributed by atoms with E-state index in [2.05, 4.69) is 0 Å². The van der Waals surface area contributed by atoms with Gasteiger partial charge in [0.15, 0.2) is 0 Å². The van der Waals surface area contributed by atoms with Crippen LogP contribution in [0.4, 0.5) is 0 Å². The van der Waals surface area contributed by atoms with Crippen molar-refractivity contribution in [1.82, 2.24) is 4.90 Å². The fraction of sp³-hybridized carbons (Fsp3) is 0.900. The monoisotopic (exact) mass is 200 g/mol. The van der Waals surface area contributed by atoms with E-state index in [9.17, 15) is 4.79 Å². The van der Waals surface area contributed by atoms with E-state index in [1.807, 2.05) is 0 Å². The first-order valence-corrected chi connectivity index (χ1v) is 5.25. The van der Waals surface area contributed by atoms with E-state index in [1.165, 1.54) is 0 Å². The minimum atomic E-state index is -0.536. The van der Waals surface area contributed by atoms with Crippen molar-refractivity contribution in [2.75, 3.05) is 20.2 Å². The summed E-state index contributed by atoms with van der Waals surface area (Å²) in [5.74, 6) is 0.0708. The van der Waals surface area contributed by atoms with Gasteiger partial charge < -0.3 is 15.7 Å². The Morgan fingerprint density at radius 2 is 2.07 bits per heavy atom. The molecule has 1 rings (SSSR count). The second-order valence-electron chi connectivity index (χ2n) is 4.17. The van der Waals surface area contributed by atoms with Crippen LogP contribution in [0.3, 0.4) is 0 Å². The molecule has 1 aliphatic carbocycles. The minimum absolute atomic E-state index is 0.0708. The van der Waals surface area contributed by atoms with Crippen molar-refractivity contribution in [2.24, 2.45) is 5.73 Å². The van der Waals surface area contributed by atoms with Crippen LogP contribution in [0.15, 0.2) is 0 Å². The molecular formula is C10H20N2O2. The van der Waals surface area contributed by atoms with E-state index < -0.39 is 5.54 Å². The quantitative estimate of drug-likeness (QED) is 0.598. The first-order valence-electron chi connectivity index (χ1n) is 5.25. The highest BCUT2D eigenvalue weighted by Gasteiger charge is 2.47. The number of hydrogen-bond acceptors (Lipinski definition) is 3. The summed E-state index contributed by atoms with van der Waals surface area (Å²) in [7, 11) is 1.80. The Labute approximate surface area is 85.1 Å². The van der Waals surface area contributed by atoms with Crippen molar-refractivity contribution in [3.63, 3.8) is 0 Å². The van der Waals surface area contributed by atoms with Gasteiger partial charge >= 0.3 is 0 Å².